The van der Waals surface area contributed by atoms with Gasteiger partial charge in [-0.1, -0.05) is 28.1 Å². The summed E-state index contributed by atoms with van der Waals surface area (Å²) in [5.74, 6) is -2.02. The lowest BCUT2D eigenvalue weighted by Crippen LogP contribution is -2.39. The van der Waals surface area contributed by atoms with Crippen LogP contribution in [0.3, 0.4) is 0 Å². The number of carbonyl (C=O) groups is 4. The number of Topliss-reactive ketones (excluding diaryl/α,β-unsaturated/α-hetero) is 1. The Hall–Kier alpha value is -3.00. The number of benzene rings is 2. The predicted molar refractivity (Wildman–Crippen MR) is 111 cm³/mol. The zero-order chi connectivity index (χ0) is 21.4. The first-order chi connectivity index (χ1) is 13.8. The molecule has 0 spiro atoms. The normalized spacial score (nSPS) is 10.2. The minimum atomic E-state index is -0.741. The summed E-state index contributed by atoms with van der Waals surface area (Å²) < 4.78 is 5.72. The third kappa shape index (κ3) is 7.15. The monoisotopic (exact) mass is 460 g/mol. The van der Waals surface area contributed by atoms with Crippen LogP contribution in [-0.4, -0.2) is 43.3 Å². The lowest BCUT2D eigenvalue weighted by Gasteiger charge is -2.08. The van der Waals surface area contributed by atoms with Gasteiger partial charge < -0.3 is 15.4 Å². The van der Waals surface area contributed by atoms with Crippen LogP contribution < -0.4 is 10.6 Å². The first-order valence-corrected chi connectivity index (χ1v) is 9.62. The fraction of sp³-hybridized carbons (Fsp3) is 0.238. The van der Waals surface area contributed by atoms with Crippen LogP contribution >= 0.6 is 15.9 Å². The highest BCUT2D eigenvalue weighted by atomic mass is 79.9. The summed E-state index contributed by atoms with van der Waals surface area (Å²) in [6, 6.07) is 11.9. The Labute approximate surface area is 176 Å². The summed E-state index contributed by atoms with van der Waals surface area (Å²) in [4.78, 5) is 47.5. The predicted octanol–water partition coefficient (Wildman–Crippen LogP) is 2.34. The number of carbonyl (C=O) groups excluding carboxylic acids is 4. The van der Waals surface area contributed by atoms with Gasteiger partial charge in [-0.15, -0.1) is 0 Å². The molecule has 0 aliphatic heterocycles. The molecule has 2 rings (SSSR count). The number of ketones is 1. The molecule has 2 aromatic rings. The SMILES string of the molecule is Cc1ccc(C(=O)COC(=O)CNC(=O)CNC(=O)c2ccc(Br)cc2)cc1C. The van der Waals surface area contributed by atoms with E-state index in [0.29, 0.717) is 11.1 Å². The van der Waals surface area contributed by atoms with Crippen molar-refractivity contribution in [2.24, 2.45) is 0 Å². The van der Waals surface area contributed by atoms with Gasteiger partial charge in [0.1, 0.15) is 6.54 Å². The average molecular weight is 461 g/mol. The molecule has 0 heterocycles. The molecular weight excluding hydrogens is 440 g/mol. The number of amides is 2. The Morgan fingerprint density at radius 1 is 0.862 bits per heavy atom. The molecule has 0 saturated heterocycles. The summed E-state index contributed by atoms with van der Waals surface area (Å²) in [5.41, 5.74) is 2.90. The third-order valence-corrected chi connectivity index (χ3v) is 4.67. The smallest absolute Gasteiger partial charge is 0.325 e. The molecule has 0 aliphatic carbocycles. The van der Waals surface area contributed by atoms with Crippen LogP contribution in [0.1, 0.15) is 31.8 Å². The number of hydrogen-bond acceptors (Lipinski definition) is 5. The second-order valence-corrected chi connectivity index (χ2v) is 7.26. The molecule has 0 aromatic heterocycles. The standard InChI is InChI=1S/C21H21BrN2O5/c1-13-3-4-16(9-14(13)2)18(25)12-29-20(27)11-23-19(26)10-24-21(28)15-5-7-17(22)8-6-15/h3-9H,10-12H2,1-2H3,(H,23,26)(H,24,28). The van der Waals surface area contributed by atoms with E-state index < -0.39 is 30.9 Å². The fourth-order valence-corrected chi connectivity index (χ4v) is 2.56. The Bertz CT molecular complexity index is 925. The topological polar surface area (TPSA) is 102 Å². The van der Waals surface area contributed by atoms with Gasteiger partial charge in [0.15, 0.2) is 12.4 Å². The summed E-state index contributed by atoms with van der Waals surface area (Å²) in [7, 11) is 0. The minimum absolute atomic E-state index is 0.288. The van der Waals surface area contributed by atoms with Gasteiger partial charge in [-0.05, 0) is 55.3 Å². The van der Waals surface area contributed by atoms with E-state index in [9.17, 15) is 19.2 Å². The first-order valence-electron chi connectivity index (χ1n) is 8.83. The number of rotatable bonds is 8. The summed E-state index contributed by atoms with van der Waals surface area (Å²) >= 11 is 3.27. The summed E-state index contributed by atoms with van der Waals surface area (Å²) in [6.45, 7) is 2.74. The Balaban J connectivity index is 1.69. The Kier molecular flexibility index (Phi) is 8.09. The zero-order valence-corrected chi connectivity index (χ0v) is 17.7. The van der Waals surface area contributed by atoms with Crippen LogP contribution in [0.5, 0.6) is 0 Å². The van der Waals surface area contributed by atoms with E-state index in [1.54, 1.807) is 36.4 Å². The second kappa shape index (κ2) is 10.5. The van der Waals surface area contributed by atoms with Crippen molar-refractivity contribution >= 4 is 39.5 Å². The van der Waals surface area contributed by atoms with Crippen molar-refractivity contribution in [2.75, 3.05) is 19.7 Å². The molecule has 8 heteroatoms. The highest BCUT2D eigenvalue weighted by molar-refractivity contribution is 9.10. The van der Waals surface area contributed by atoms with E-state index in [0.717, 1.165) is 15.6 Å². The molecule has 0 bridgehead atoms. The van der Waals surface area contributed by atoms with Crippen LogP contribution in [0.25, 0.3) is 0 Å². The maximum atomic E-state index is 12.1. The lowest BCUT2D eigenvalue weighted by molar-refractivity contribution is -0.142. The second-order valence-electron chi connectivity index (χ2n) is 6.35. The lowest BCUT2D eigenvalue weighted by atomic mass is 10.0. The Morgan fingerprint density at radius 3 is 2.17 bits per heavy atom. The van der Waals surface area contributed by atoms with Crippen molar-refractivity contribution in [3.63, 3.8) is 0 Å². The van der Waals surface area contributed by atoms with E-state index in [1.165, 1.54) is 0 Å². The number of aryl methyl sites for hydroxylation is 2. The molecule has 152 valence electrons. The largest absolute Gasteiger partial charge is 0.456 e. The van der Waals surface area contributed by atoms with Gasteiger partial charge in [0.25, 0.3) is 5.91 Å². The molecular formula is C21H21BrN2O5. The van der Waals surface area contributed by atoms with Crippen molar-refractivity contribution in [3.05, 3.63) is 69.2 Å². The molecule has 2 N–H and O–H groups in total. The van der Waals surface area contributed by atoms with Gasteiger partial charge in [-0.25, -0.2) is 0 Å². The molecule has 2 aromatic carbocycles. The van der Waals surface area contributed by atoms with Crippen molar-refractivity contribution in [3.8, 4) is 0 Å². The maximum Gasteiger partial charge on any atom is 0.325 e. The number of ether oxygens (including phenoxy) is 1. The highest BCUT2D eigenvalue weighted by Gasteiger charge is 2.13. The molecule has 0 radical (unpaired) electrons. The number of halogens is 1. The first kappa shape index (κ1) is 22.3. The van der Waals surface area contributed by atoms with Crippen molar-refractivity contribution in [1.29, 1.82) is 0 Å². The van der Waals surface area contributed by atoms with Crippen LogP contribution in [0.15, 0.2) is 46.9 Å². The zero-order valence-electron chi connectivity index (χ0n) is 16.1. The van der Waals surface area contributed by atoms with Crippen LogP contribution in [0.2, 0.25) is 0 Å². The molecule has 29 heavy (non-hydrogen) atoms. The van der Waals surface area contributed by atoms with Gasteiger partial charge in [-0.2, -0.15) is 0 Å². The van der Waals surface area contributed by atoms with Gasteiger partial charge in [-0.3, -0.25) is 19.2 Å². The fourth-order valence-electron chi connectivity index (χ4n) is 2.29. The van der Waals surface area contributed by atoms with Crippen LogP contribution in [-0.2, 0) is 14.3 Å². The quantitative estimate of drug-likeness (QED) is 0.464. The molecule has 0 fully saturated rings. The molecule has 0 saturated carbocycles. The number of hydrogen-bond donors (Lipinski definition) is 2. The van der Waals surface area contributed by atoms with E-state index in [4.69, 9.17) is 4.74 Å². The van der Waals surface area contributed by atoms with Crippen molar-refractivity contribution < 1.29 is 23.9 Å². The molecule has 0 unspecified atom stereocenters. The maximum absolute atomic E-state index is 12.1. The van der Waals surface area contributed by atoms with E-state index in [1.807, 2.05) is 19.9 Å². The third-order valence-electron chi connectivity index (χ3n) is 4.14. The van der Waals surface area contributed by atoms with Crippen LogP contribution in [0.4, 0.5) is 0 Å². The van der Waals surface area contributed by atoms with Crippen molar-refractivity contribution in [2.45, 2.75) is 13.8 Å². The molecule has 7 nitrogen and oxygen atoms in total. The van der Waals surface area contributed by atoms with E-state index in [-0.39, 0.29) is 12.3 Å². The summed E-state index contributed by atoms with van der Waals surface area (Å²) in [5, 5.41) is 4.78. The number of nitrogens with one attached hydrogen (secondary N) is 2. The molecule has 0 aliphatic rings. The van der Waals surface area contributed by atoms with Gasteiger partial charge in [0.2, 0.25) is 5.91 Å². The van der Waals surface area contributed by atoms with E-state index >= 15 is 0 Å². The van der Waals surface area contributed by atoms with Gasteiger partial charge >= 0.3 is 5.97 Å². The number of esters is 1. The molecule has 2 amide bonds. The Morgan fingerprint density at radius 2 is 1.52 bits per heavy atom. The van der Waals surface area contributed by atoms with E-state index in [2.05, 4.69) is 26.6 Å². The van der Waals surface area contributed by atoms with Gasteiger partial charge in [0, 0.05) is 15.6 Å². The van der Waals surface area contributed by atoms with Crippen LogP contribution in [0, 0.1) is 13.8 Å². The minimum Gasteiger partial charge on any atom is -0.456 e. The van der Waals surface area contributed by atoms with Gasteiger partial charge in [0.05, 0.1) is 6.54 Å². The summed E-state index contributed by atoms with van der Waals surface area (Å²) in [6.07, 6.45) is 0. The average Bonchev–Trinajstić information content (AvgIpc) is 2.71. The van der Waals surface area contributed by atoms with Crippen molar-refractivity contribution in [1.82, 2.24) is 10.6 Å². The highest BCUT2D eigenvalue weighted by Crippen LogP contribution is 2.11. The molecule has 0 atom stereocenters.